The maximum Gasteiger partial charge on any atom is 0.225 e. The van der Waals surface area contributed by atoms with Gasteiger partial charge in [-0.2, -0.15) is 0 Å². The summed E-state index contributed by atoms with van der Waals surface area (Å²) in [7, 11) is 0. The highest BCUT2D eigenvalue weighted by molar-refractivity contribution is 5.37. The van der Waals surface area contributed by atoms with Crippen molar-refractivity contribution in [3.63, 3.8) is 0 Å². The smallest absolute Gasteiger partial charge is 0.225 e. The summed E-state index contributed by atoms with van der Waals surface area (Å²) in [5.41, 5.74) is 3.70. The zero-order valence-electron chi connectivity index (χ0n) is 12.8. The van der Waals surface area contributed by atoms with Crippen LogP contribution in [-0.2, 0) is 6.42 Å². The summed E-state index contributed by atoms with van der Waals surface area (Å²) in [5, 5.41) is 3.57. The fourth-order valence-corrected chi connectivity index (χ4v) is 3.00. The molecule has 20 heavy (non-hydrogen) atoms. The van der Waals surface area contributed by atoms with Gasteiger partial charge in [-0.3, -0.25) is 0 Å². The molecule has 1 aliphatic heterocycles. The summed E-state index contributed by atoms with van der Waals surface area (Å²) in [5.74, 6) is 0.942. The van der Waals surface area contributed by atoms with Gasteiger partial charge in [0.05, 0.1) is 0 Å². The van der Waals surface area contributed by atoms with E-state index in [1.165, 1.54) is 49.1 Å². The van der Waals surface area contributed by atoms with E-state index in [4.69, 9.17) is 9.97 Å². The minimum absolute atomic E-state index is 0.811. The lowest BCUT2D eigenvalue weighted by molar-refractivity contribution is 0.641. The third kappa shape index (κ3) is 3.29. The molecular weight excluding hydrogens is 248 g/mol. The number of nitrogens with one attached hydrogen (secondary N) is 1. The van der Waals surface area contributed by atoms with Crippen LogP contribution < -0.4 is 10.2 Å². The first-order chi connectivity index (χ1) is 9.74. The van der Waals surface area contributed by atoms with Gasteiger partial charge in [-0.15, -0.1) is 0 Å². The van der Waals surface area contributed by atoms with E-state index in [1.54, 1.807) is 0 Å². The summed E-state index contributed by atoms with van der Waals surface area (Å²) in [6, 6.07) is 0.811. The Hall–Kier alpha value is -1.16. The summed E-state index contributed by atoms with van der Waals surface area (Å²) >= 11 is 0. The van der Waals surface area contributed by atoms with Crippen LogP contribution >= 0.6 is 0 Å². The first-order valence-corrected chi connectivity index (χ1v) is 8.06. The molecule has 110 valence electrons. The Kier molecular flexibility index (Phi) is 4.20. The molecule has 0 bridgehead atoms. The second-order valence-electron chi connectivity index (χ2n) is 6.20. The van der Waals surface area contributed by atoms with Crippen molar-refractivity contribution in [2.24, 2.45) is 0 Å². The molecule has 1 aromatic rings. The third-order valence-corrected chi connectivity index (χ3v) is 4.41. The van der Waals surface area contributed by atoms with Gasteiger partial charge in [0, 0.05) is 30.5 Å². The summed E-state index contributed by atoms with van der Waals surface area (Å²) in [6.07, 6.45) is 7.56. The maximum absolute atomic E-state index is 4.74. The van der Waals surface area contributed by atoms with Crippen LogP contribution in [0.4, 0.5) is 5.95 Å². The standard InChI is InChI=1S/C16H26N4/c1-12-15(6-5-9-17-14-7-8-14)13(2)19-16(18-12)20-10-3-4-11-20/h14,17H,3-11H2,1-2H3. The molecule has 1 saturated carbocycles. The normalized spacial score (nSPS) is 18.8. The van der Waals surface area contributed by atoms with E-state index in [-0.39, 0.29) is 0 Å². The molecule has 0 aromatic carbocycles. The van der Waals surface area contributed by atoms with Crippen molar-refractivity contribution >= 4 is 5.95 Å². The van der Waals surface area contributed by atoms with Crippen LogP contribution in [0.2, 0.25) is 0 Å². The molecule has 1 saturated heterocycles. The predicted molar refractivity (Wildman–Crippen MR) is 82.3 cm³/mol. The van der Waals surface area contributed by atoms with Gasteiger partial charge in [-0.25, -0.2) is 9.97 Å². The average molecular weight is 274 g/mol. The Morgan fingerprint density at radius 3 is 2.35 bits per heavy atom. The number of rotatable bonds is 6. The van der Waals surface area contributed by atoms with Gasteiger partial charge in [-0.05, 0) is 64.5 Å². The number of aryl methyl sites for hydroxylation is 2. The molecule has 0 atom stereocenters. The number of nitrogens with zero attached hydrogens (tertiary/aromatic N) is 3. The zero-order chi connectivity index (χ0) is 13.9. The second-order valence-corrected chi connectivity index (χ2v) is 6.20. The van der Waals surface area contributed by atoms with Crippen molar-refractivity contribution in [2.45, 2.75) is 58.4 Å². The first kappa shape index (κ1) is 13.8. The lowest BCUT2D eigenvalue weighted by atomic mass is 10.1. The molecule has 0 amide bonds. The summed E-state index contributed by atoms with van der Waals surface area (Å²) in [4.78, 5) is 11.8. The minimum atomic E-state index is 0.811. The molecule has 3 rings (SSSR count). The van der Waals surface area contributed by atoms with Crippen LogP contribution in [0.3, 0.4) is 0 Å². The highest BCUT2D eigenvalue weighted by Gasteiger charge is 2.20. The molecule has 4 nitrogen and oxygen atoms in total. The highest BCUT2D eigenvalue weighted by atomic mass is 15.3. The van der Waals surface area contributed by atoms with Crippen molar-refractivity contribution < 1.29 is 0 Å². The maximum atomic E-state index is 4.74. The lowest BCUT2D eigenvalue weighted by Gasteiger charge is -2.18. The molecule has 1 N–H and O–H groups in total. The van der Waals surface area contributed by atoms with Crippen molar-refractivity contribution in [1.29, 1.82) is 0 Å². The SMILES string of the molecule is Cc1nc(N2CCCC2)nc(C)c1CCCNC1CC1. The number of anilines is 1. The molecule has 0 spiro atoms. The Balaban J connectivity index is 1.61. The summed E-state index contributed by atoms with van der Waals surface area (Å²) in [6.45, 7) is 7.63. The molecule has 0 radical (unpaired) electrons. The number of aromatic nitrogens is 2. The van der Waals surface area contributed by atoms with E-state index in [0.29, 0.717) is 0 Å². The molecule has 2 heterocycles. The van der Waals surface area contributed by atoms with Gasteiger partial charge in [0.15, 0.2) is 0 Å². The van der Waals surface area contributed by atoms with Crippen LogP contribution in [0, 0.1) is 13.8 Å². The Labute approximate surface area is 122 Å². The topological polar surface area (TPSA) is 41.1 Å². The monoisotopic (exact) mass is 274 g/mol. The quantitative estimate of drug-likeness (QED) is 0.809. The van der Waals surface area contributed by atoms with E-state index in [2.05, 4.69) is 24.1 Å². The highest BCUT2D eigenvalue weighted by Crippen LogP contribution is 2.21. The molecule has 0 unspecified atom stereocenters. The van der Waals surface area contributed by atoms with E-state index < -0.39 is 0 Å². The fourth-order valence-electron chi connectivity index (χ4n) is 3.00. The van der Waals surface area contributed by atoms with Gasteiger partial charge in [0.25, 0.3) is 0 Å². The zero-order valence-corrected chi connectivity index (χ0v) is 12.8. The van der Waals surface area contributed by atoms with E-state index in [9.17, 15) is 0 Å². The molecule has 1 aliphatic carbocycles. The Morgan fingerprint density at radius 1 is 1.10 bits per heavy atom. The third-order valence-electron chi connectivity index (χ3n) is 4.41. The Morgan fingerprint density at radius 2 is 1.75 bits per heavy atom. The van der Waals surface area contributed by atoms with Crippen molar-refractivity contribution in [2.75, 3.05) is 24.5 Å². The average Bonchev–Trinajstić information content (AvgIpc) is 3.08. The van der Waals surface area contributed by atoms with Gasteiger partial charge in [0.1, 0.15) is 0 Å². The van der Waals surface area contributed by atoms with Crippen LogP contribution in [-0.4, -0.2) is 35.6 Å². The van der Waals surface area contributed by atoms with Gasteiger partial charge in [-0.1, -0.05) is 0 Å². The molecule has 2 aliphatic rings. The molecule has 1 aromatic heterocycles. The van der Waals surface area contributed by atoms with E-state index in [0.717, 1.165) is 38.0 Å². The molecular formula is C16H26N4. The largest absolute Gasteiger partial charge is 0.341 e. The number of hydrogen-bond acceptors (Lipinski definition) is 4. The van der Waals surface area contributed by atoms with Crippen molar-refractivity contribution in [3.8, 4) is 0 Å². The van der Waals surface area contributed by atoms with Crippen molar-refractivity contribution in [1.82, 2.24) is 15.3 Å². The van der Waals surface area contributed by atoms with E-state index >= 15 is 0 Å². The molecule has 2 fully saturated rings. The van der Waals surface area contributed by atoms with Gasteiger partial charge < -0.3 is 10.2 Å². The van der Waals surface area contributed by atoms with Crippen LogP contribution in [0.15, 0.2) is 0 Å². The van der Waals surface area contributed by atoms with Crippen molar-refractivity contribution in [3.05, 3.63) is 17.0 Å². The van der Waals surface area contributed by atoms with Gasteiger partial charge >= 0.3 is 0 Å². The second kappa shape index (κ2) is 6.08. The Bertz CT molecular complexity index is 439. The van der Waals surface area contributed by atoms with E-state index in [1.807, 2.05) is 0 Å². The predicted octanol–water partition coefficient (Wildman–Crippen LogP) is 2.38. The van der Waals surface area contributed by atoms with Crippen LogP contribution in [0.25, 0.3) is 0 Å². The van der Waals surface area contributed by atoms with Crippen LogP contribution in [0.5, 0.6) is 0 Å². The fraction of sp³-hybridized carbons (Fsp3) is 0.750. The van der Waals surface area contributed by atoms with Crippen LogP contribution in [0.1, 0.15) is 49.1 Å². The first-order valence-electron chi connectivity index (χ1n) is 8.06. The molecule has 4 heteroatoms. The van der Waals surface area contributed by atoms with Gasteiger partial charge in [0.2, 0.25) is 5.95 Å². The summed E-state index contributed by atoms with van der Waals surface area (Å²) < 4.78 is 0. The minimum Gasteiger partial charge on any atom is -0.341 e. The lowest BCUT2D eigenvalue weighted by Crippen LogP contribution is -2.22. The number of hydrogen-bond donors (Lipinski definition) is 1.